The molecule has 0 aliphatic rings. The maximum absolute atomic E-state index is 12.3. The maximum atomic E-state index is 12.3. The Kier molecular flexibility index (Phi) is 6.37. The standard InChI is InChI=1S/C16H24N2O4/c1-11(19)10-17-14(20)13(12-8-6-5-7-9-12)18-15(21)22-16(2,3)4/h5-9,11,13,19H,10H2,1-4H3,(H,17,20)(H,18,21)/t11-,13-/m1/s1. The summed E-state index contributed by atoms with van der Waals surface area (Å²) in [5.41, 5.74) is -0.0158. The lowest BCUT2D eigenvalue weighted by Crippen LogP contribution is -2.44. The van der Waals surface area contributed by atoms with Gasteiger partial charge in [0.1, 0.15) is 11.6 Å². The molecular weight excluding hydrogens is 284 g/mol. The minimum Gasteiger partial charge on any atom is -0.444 e. The summed E-state index contributed by atoms with van der Waals surface area (Å²) in [6.07, 6.45) is -1.34. The number of benzene rings is 1. The first-order chi connectivity index (χ1) is 10.2. The summed E-state index contributed by atoms with van der Waals surface area (Å²) < 4.78 is 5.19. The van der Waals surface area contributed by atoms with E-state index in [1.807, 2.05) is 6.07 Å². The Hall–Kier alpha value is -2.08. The summed E-state index contributed by atoms with van der Waals surface area (Å²) in [4.78, 5) is 24.2. The van der Waals surface area contributed by atoms with Crippen LogP contribution in [0.4, 0.5) is 4.79 Å². The molecule has 0 unspecified atom stereocenters. The first kappa shape index (κ1) is 18.0. The molecule has 0 spiro atoms. The zero-order chi connectivity index (χ0) is 16.8. The minimum atomic E-state index is -0.880. The minimum absolute atomic E-state index is 0.109. The van der Waals surface area contributed by atoms with Crippen LogP contribution >= 0.6 is 0 Å². The molecule has 2 atom stereocenters. The zero-order valence-corrected chi connectivity index (χ0v) is 13.4. The molecule has 0 saturated carbocycles. The number of alkyl carbamates (subject to hydrolysis) is 1. The van der Waals surface area contributed by atoms with Gasteiger partial charge in [0, 0.05) is 6.54 Å². The fourth-order valence-corrected chi connectivity index (χ4v) is 1.72. The van der Waals surface area contributed by atoms with E-state index >= 15 is 0 Å². The summed E-state index contributed by atoms with van der Waals surface area (Å²) in [5.74, 6) is -0.405. The van der Waals surface area contributed by atoms with Gasteiger partial charge in [-0.25, -0.2) is 4.79 Å². The van der Waals surface area contributed by atoms with Gasteiger partial charge in [0.25, 0.3) is 0 Å². The van der Waals surface area contributed by atoms with Crippen LogP contribution in [-0.2, 0) is 9.53 Å². The van der Waals surface area contributed by atoms with Crippen molar-refractivity contribution in [3.63, 3.8) is 0 Å². The third-order valence-electron chi connectivity index (χ3n) is 2.63. The predicted molar refractivity (Wildman–Crippen MR) is 83.2 cm³/mol. The van der Waals surface area contributed by atoms with Crippen LogP contribution in [0, 0.1) is 0 Å². The van der Waals surface area contributed by atoms with Crippen molar-refractivity contribution in [2.75, 3.05) is 6.54 Å². The number of aliphatic hydroxyl groups excluding tert-OH is 1. The molecule has 3 N–H and O–H groups in total. The lowest BCUT2D eigenvalue weighted by molar-refractivity contribution is -0.123. The molecule has 0 saturated heterocycles. The van der Waals surface area contributed by atoms with E-state index in [1.54, 1.807) is 52.0 Å². The number of aliphatic hydroxyl groups is 1. The van der Waals surface area contributed by atoms with E-state index in [2.05, 4.69) is 10.6 Å². The van der Waals surface area contributed by atoms with Crippen molar-refractivity contribution >= 4 is 12.0 Å². The number of rotatable bonds is 5. The van der Waals surface area contributed by atoms with Gasteiger partial charge in [-0.15, -0.1) is 0 Å². The molecule has 1 aromatic rings. The highest BCUT2D eigenvalue weighted by Gasteiger charge is 2.25. The molecule has 6 nitrogen and oxygen atoms in total. The Labute approximate surface area is 130 Å². The van der Waals surface area contributed by atoms with Crippen LogP contribution in [0.5, 0.6) is 0 Å². The van der Waals surface area contributed by atoms with Crippen molar-refractivity contribution in [2.45, 2.75) is 45.4 Å². The van der Waals surface area contributed by atoms with Crippen LogP contribution in [0.3, 0.4) is 0 Å². The number of ether oxygens (including phenoxy) is 1. The van der Waals surface area contributed by atoms with E-state index < -0.39 is 29.7 Å². The summed E-state index contributed by atoms with van der Waals surface area (Å²) in [6, 6.07) is 7.98. The Morgan fingerprint density at radius 2 is 1.82 bits per heavy atom. The van der Waals surface area contributed by atoms with Gasteiger partial charge in [0.2, 0.25) is 5.91 Å². The highest BCUT2D eigenvalue weighted by molar-refractivity contribution is 5.86. The van der Waals surface area contributed by atoms with Crippen LogP contribution in [-0.4, -0.2) is 35.4 Å². The first-order valence-electron chi connectivity index (χ1n) is 7.19. The molecule has 0 radical (unpaired) electrons. The zero-order valence-electron chi connectivity index (χ0n) is 13.4. The quantitative estimate of drug-likeness (QED) is 0.773. The van der Waals surface area contributed by atoms with E-state index in [9.17, 15) is 14.7 Å². The van der Waals surface area contributed by atoms with Gasteiger partial charge in [-0.05, 0) is 33.3 Å². The first-order valence-corrected chi connectivity index (χ1v) is 7.19. The van der Waals surface area contributed by atoms with Crippen molar-refractivity contribution in [1.29, 1.82) is 0 Å². The molecule has 1 rings (SSSR count). The van der Waals surface area contributed by atoms with Crippen LogP contribution < -0.4 is 10.6 Å². The number of amides is 2. The van der Waals surface area contributed by atoms with Gasteiger partial charge in [-0.1, -0.05) is 30.3 Å². The van der Waals surface area contributed by atoms with Crippen LogP contribution in [0.1, 0.15) is 39.3 Å². The maximum Gasteiger partial charge on any atom is 0.408 e. The van der Waals surface area contributed by atoms with E-state index in [1.165, 1.54) is 0 Å². The van der Waals surface area contributed by atoms with Crippen LogP contribution in [0.25, 0.3) is 0 Å². The fraction of sp³-hybridized carbons (Fsp3) is 0.500. The molecule has 0 aromatic heterocycles. The van der Waals surface area contributed by atoms with Crippen molar-refractivity contribution in [2.24, 2.45) is 0 Å². The van der Waals surface area contributed by atoms with Crippen molar-refractivity contribution in [3.8, 4) is 0 Å². The monoisotopic (exact) mass is 308 g/mol. The highest BCUT2D eigenvalue weighted by Crippen LogP contribution is 2.14. The predicted octanol–water partition coefficient (Wildman–Crippen LogP) is 1.75. The Balaban J connectivity index is 2.83. The SMILES string of the molecule is C[C@@H](O)CNC(=O)[C@H](NC(=O)OC(C)(C)C)c1ccccc1. The molecular formula is C16H24N2O4. The normalized spacial score (nSPS) is 13.9. The lowest BCUT2D eigenvalue weighted by Gasteiger charge is -2.23. The Bertz CT molecular complexity index is 495. The summed E-state index contributed by atoms with van der Waals surface area (Å²) in [7, 11) is 0. The molecule has 1 aromatic carbocycles. The number of nitrogens with one attached hydrogen (secondary N) is 2. The average molecular weight is 308 g/mol. The van der Waals surface area contributed by atoms with Crippen molar-refractivity contribution in [3.05, 3.63) is 35.9 Å². The second-order valence-electron chi connectivity index (χ2n) is 6.08. The molecule has 0 bridgehead atoms. The second-order valence-corrected chi connectivity index (χ2v) is 6.08. The summed E-state index contributed by atoms with van der Waals surface area (Å²) in [5, 5.41) is 14.4. The van der Waals surface area contributed by atoms with Crippen molar-refractivity contribution < 1.29 is 19.4 Å². The number of hydrogen-bond donors (Lipinski definition) is 3. The van der Waals surface area contributed by atoms with Crippen LogP contribution in [0.15, 0.2) is 30.3 Å². The Morgan fingerprint density at radius 3 is 2.32 bits per heavy atom. The molecule has 0 heterocycles. The molecule has 0 aliphatic heterocycles. The molecule has 122 valence electrons. The van der Waals surface area contributed by atoms with E-state index in [4.69, 9.17) is 4.74 Å². The molecule has 22 heavy (non-hydrogen) atoms. The topological polar surface area (TPSA) is 87.7 Å². The largest absolute Gasteiger partial charge is 0.444 e. The summed E-state index contributed by atoms with van der Waals surface area (Å²) in [6.45, 7) is 6.92. The third-order valence-corrected chi connectivity index (χ3v) is 2.63. The third kappa shape index (κ3) is 6.58. The lowest BCUT2D eigenvalue weighted by atomic mass is 10.1. The molecule has 0 aliphatic carbocycles. The molecule has 0 fully saturated rings. The van der Waals surface area contributed by atoms with Gasteiger partial charge in [-0.2, -0.15) is 0 Å². The number of carbonyl (C=O) groups excluding carboxylic acids is 2. The second kappa shape index (κ2) is 7.79. The van der Waals surface area contributed by atoms with Crippen molar-refractivity contribution in [1.82, 2.24) is 10.6 Å². The van der Waals surface area contributed by atoms with E-state index in [0.717, 1.165) is 0 Å². The van der Waals surface area contributed by atoms with Crippen LogP contribution in [0.2, 0.25) is 0 Å². The van der Waals surface area contributed by atoms with E-state index in [-0.39, 0.29) is 6.54 Å². The van der Waals surface area contributed by atoms with Gasteiger partial charge < -0.3 is 20.5 Å². The molecule has 2 amide bonds. The summed E-state index contributed by atoms with van der Waals surface area (Å²) >= 11 is 0. The van der Waals surface area contributed by atoms with Gasteiger partial charge >= 0.3 is 6.09 Å². The van der Waals surface area contributed by atoms with Gasteiger partial charge in [0.15, 0.2) is 0 Å². The fourth-order valence-electron chi connectivity index (χ4n) is 1.72. The number of carbonyl (C=O) groups is 2. The van der Waals surface area contributed by atoms with Gasteiger partial charge in [-0.3, -0.25) is 4.79 Å². The van der Waals surface area contributed by atoms with E-state index in [0.29, 0.717) is 5.56 Å². The smallest absolute Gasteiger partial charge is 0.408 e. The average Bonchev–Trinajstić information content (AvgIpc) is 2.41. The highest BCUT2D eigenvalue weighted by atomic mass is 16.6. The molecule has 6 heteroatoms. The number of hydrogen-bond acceptors (Lipinski definition) is 4. The Morgan fingerprint density at radius 1 is 1.23 bits per heavy atom. The van der Waals surface area contributed by atoms with Gasteiger partial charge in [0.05, 0.1) is 6.10 Å².